The molecule has 0 fully saturated rings. The van der Waals surface area contributed by atoms with Gasteiger partial charge in [0.2, 0.25) is 0 Å². The van der Waals surface area contributed by atoms with Crippen LogP contribution in [0.2, 0.25) is 5.02 Å². The Morgan fingerprint density at radius 2 is 1.84 bits per heavy atom. The second kappa shape index (κ2) is 10.0. The van der Waals surface area contributed by atoms with Crippen LogP contribution >= 0.6 is 11.6 Å². The fraction of sp³-hybridized carbons (Fsp3) is 0.174. The van der Waals surface area contributed by atoms with Crippen LogP contribution in [0.4, 0.5) is 10.5 Å². The van der Waals surface area contributed by atoms with Crippen molar-refractivity contribution in [1.82, 2.24) is 10.3 Å². The highest BCUT2D eigenvalue weighted by atomic mass is 35.5. The first-order chi connectivity index (χ1) is 15.3. The predicted octanol–water partition coefficient (Wildman–Crippen LogP) is 5.17. The molecule has 166 valence electrons. The van der Waals surface area contributed by atoms with E-state index in [9.17, 15) is 9.59 Å². The Hall–Kier alpha value is -3.78. The Morgan fingerprint density at radius 3 is 2.53 bits per heavy atom. The summed E-state index contributed by atoms with van der Waals surface area (Å²) in [5.74, 6) is 0.329. The van der Waals surface area contributed by atoms with E-state index in [0.717, 1.165) is 16.7 Å². The summed E-state index contributed by atoms with van der Waals surface area (Å²) in [5.41, 5.74) is 2.90. The number of benzene rings is 2. The first kappa shape index (κ1) is 22.9. The number of methoxy groups -OCH3 is 1. The zero-order valence-electron chi connectivity index (χ0n) is 17.7. The van der Waals surface area contributed by atoms with Crippen molar-refractivity contribution in [3.05, 3.63) is 76.1 Å². The third-order valence-corrected chi connectivity index (χ3v) is 5.01. The first-order valence-corrected chi connectivity index (χ1v) is 10.0. The zero-order chi connectivity index (χ0) is 23.3. The van der Waals surface area contributed by atoms with Crippen molar-refractivity contribution in [3.8, 4) is 17.2 Å². The number of hydrogen-bond acceptors (Lipinski definition) is 5. The molecular formula is C23H22ClN3O5. The third-order valence-electron chi connectivity index (χ3n) is 4.60. The number of aromatic carboxylic acids is 1. The Labute approximate surface area is 190 Å². The largest absolute Gasteiger partial charge is 0.495 e. The topological polar surface area (TPSA) is 110 Å². The van der Waals surface area contributed by atoms with Crippen molar-refractivity contribution in [2.75, 3.05) is 12.4 Å². The van der Waals surface area contributed by atoms with E-state index in [-0.39, 0.29) is 12.2 Å². The molecule has 0 spiro atoms. The van der Waals surface area contributed by atoms with Gasteiger partial charge < -0.3 is 25.2 Å². The molecule has 0 bridgehead atoms. The van der Waals surface area contributed by atoms with Crippen LogP contribution in [-0.4, -0.2) is 29.2 Å². The summed E-state index contributed by atoms with van der Waals surface area (Å²) in [7, 11) is 1.52. The summed E-state index contributed by atoms with van der Waals surface area (Å²) in [4.78, 5) is 27.2. The predicted molar refractivity (Wildman–Crippen MR) is 121 cm³/mol. The lowest BCUT2D eigenvalue weighted by atomic mass is 10.1. The van der Waals surface area contributed by atoms with Crippen LogP contribution in [0, 0.1) is 13.8 Å². The highest BCUT2D eigenvalue weighted by Crippen LogP contribution is 2.31. The average Bonchev–Trinajstić information content (AvgIpc) is 2.76. The van der Waals surface area contributed by atoms with E-state index < -0.39 is 12.0 Å². The molecule has 3 N–H and O–H groups in total. The second-order valence-corrected chi connectivity index (χ2v) is 7.40. The van der Waals surface area contributed by atoms with Gasteiger partial charge in [-0.3, -0.25) is 0 Å². The van der Waals surface area contributed by atoms with Crippen molar-refractivity contribution < 1.29 is 24.2 Å². The molecule has 0 atom stereocenters. The average molecular weight is 456 g/mol. The summed E-state index contributed by atoms with van der Waals surface area (Å²) in [6.45, 7) is 3.99. The fourth-order valence-electron chi connectivity index (χ4n) is 2.92. The highest BCUT2D eigenvalue weighted by molar-refractivity contribution is 6.31. The molecule has 2 amide bonds. The molecule has 1 heterocycles. The quantitative estimate of drug-likeness (QED) is 0.453. The van der Waals surface area contributed by atoms with E-state index in [2.05, 4.69) is 15.6 Å². The molecule has 8 nitrogen and oxygen atoms in total. The number of carboxylic acid groups (broad SMARTS) is 1. The number of hydrogen-bond donors (Lipinski definition) is 3. The Bertz CT molecular complexity index is 1170. The van der Waals surface area contributed by atoms with Crippen molar-refractivity contribution >= 4 is 29.3 Å². The van der Waals surface area contributed by atoms with E-state index in [1.165, 1.54) is 19.4 Å². The number of ether oxygens (including phenoxy) is 2. The molecule has 0 aliphatic rings. The summed E-state index contributed by atoms with van der Waals surface area (Å²) in [6.07, 6.45) is 1.38. The third kappa shape index (κ3) is 5.67. The fourth-order valence-corrected chi connectivity index (χ4v) is 3.09. The summed E-state index contributed by atoms with van der Waals surface area (Å²) < 4.78 is 11.1. The lowest BCUT2D eigenvalue weighted by molar-refractivity contribution is 0.0690. The summed E-state index contributed by atoms with van der Waals surface area (Å²) in [5, 5.41) is 15.1. The van der Waals surface area contributed by atoms with Crippen LogP contribution in [0.15, 0.2) is 48.7 Å². The van der Waals surface area contributed by atoms with E-state index in [1.54, 1.807) is 24.3 Å². The van der Waals surface area contributed by atoms with Crippen molar-refractivity contribution in [2.24, 2.45) is 0 Å². The van der Waals surface area contributed by atoms with Crippen LogP contribution in [0.25, 0.3) is 0 Å². The van der Waals surface area contributed by atoms with Gasteiger partial charge in [-0.15, -0.1) is 0 Å². The van der Waals surface area contributed by atoms with Gasteiger partial charge in [0.1, 0.15) is 17.2 Å². The van der Waals surface area contributed by atoms with Gasteiger partial charge in [0.15, 0.2) is 5.69 Å². The SMILES string of the molecule is COc1cc(C)c(Cl)cc1NC(=O)NCc1ccc(Oc2ccnc(C(=O)O)c2)c(C)c1. The van der Waals surface area contributed by atoms with Gasteiger partial charge in [-0.1, -0.05) is 23.7 Å². The first-order valence-electron chi connectivity index (χ1n) is 9.62. The number of carbonyl (C=O) groups excluding carboxylic acids is 1. The molecule has 0 aliphatic heterocycles. The Balaban J connectivity index is 1.62. The molecule has 0 unspecified atom stereocenters. The molecule has 1 aromatic heterocycles. The number of nitrogens with one attached hydrogen (secondary N) is 2. The lowest BCUT2D eigenvalue weighted by Gasteiger charge is -2.14. The molecule has 0 saturated heterocycles. The summed E-state index contributed by atoms with van der Waals surface area (Å²) in [6, 6.07) is 11.4. The number of halogens is 1. The van der Waals surface area contributed by atoms with E-state index in [1.807, 2.05) is 26.0 Å². The van der Waals surface area contributed by atoms with Gasteiger partial charge >= 0.3 is 12.0 Å². The maximum Gasteiger partial charge on any atom is 0.354 e. The molecule has 0 aliphatic carbocycles. The van der Waals surface area contributed by atoms with Gasteiger partial charge in [0.05, 0.1) is 12.8 Å². The highest BCUT2D eigenvalue weighted by Gasteiger charge is 2.11. The van der Waals surface area contributed by atoms with Crippen LogP contribution in [0.3, 0.4) is 0 Å². The van der Waals surface area contributed by atoms with Crippen LogP contribution in [-0.2, 0) is 6.54 Å². The molecular weight excluding hydrogens is 434 g/mol. The van der Waals surface area contributed by atoms with E-state index in [4.69, 9.17) is 26.2 Å². The smallest absolute Gasteiger partial charge is 0.354 e. The number of urea groups is 1. The number of carboxylic acids is 1. The number of anilines is 1. The molecule has 9 heteroatoms. The lowest BCUT2D eigenvalue weighted by Crippen LogP contribution is -2.28. The molecule has 32 heavy (non-hydrogen) atoms. The van der Waals surface area contributed by atoms with Crippen molar-refractivity contribution in [2.45, 2.75) is 20.4 Å². The van der Waals surface area contributed by atoms with Crippen molar-refractivity contribution in [1.29, 1.82) is 0 Å². The summed E-state index contributed by atoms with van der Waals surface area (Å²) >= 11 is 6.14. The van der Waals surface area contributed by atoms with Crippen LogP contribution in [0.1, 0.15) is 27.2 Å². The normalized spacial score (nSPS) is 10.4. The maximum atomic E-state index is 12.3. The Kier molecular flexibility index (Phi) is 7.17. The number of carbonyl (C=O) groups is 2. The van der Waals surface area contributed by atoms with Gasteiger partial charge in [0, 0.05) is 23.8 Å². The number of amides is 2. The van der Waals surface area contributed by atoms with Gasteiger partial charge in [-0.05, 0) is 54.8 Å². The second-order valence-electron chi connectivity index (χ2n) is 6.99. The monoisotopic (exact) mass is 455 g/mol. The number of pyridine rings is 1. The van der Waals surface area contributed by atoms with Gasteiger partial charge in [0.25, 0.3) is 0 Å². The molecule has 0 saturated carbocycles. The molecule has 0 radical (unpaired) electrons. The van der Waals surface area contributed by atoms with Crippen LogP contribution < -0.4 is 20.1 Å². The molecule has 2 aromatic carbocycles. The van der Waals surface area contributed by atoms with E-state index >= 15 is 0 Å². The maximum absolute atomic E-state index is 12.3. The minimum absolute atomic E-state index is 0.0986. The van der Waals surface area contributed by atoms with Crippen molar-refractivity contribution in [3.63, 3.8) is 0 Å². The standard InChI is InChI=1S/C23H22ClN3O5/c1-13-9-21(31-3)18(11-17(13)24)27-23(30)26-12-15-4-5-20(14(2)8-15)32-16-6-7-25-19(10-16)22(28)29/h4-11H,12H2,1-3H3,(H,28,29)(H2,26,27,30). The van der Waals surface area contributed by atoms with Crippen LogP contribution in [0.5, 0.6) is 17.2 Å². The van der Waals surface area contributed by atoms with Gasteiger partial charge in [-0.25, -0.2) is 14.6 Å². The number of rotatable bonds is 7. The minimum Gasteiger partial charge on any atom is -0.495 e. The zero-order valence-corrected chi connectivity index (χ0v) is 18.5. The molecule has 3 rings (SSSR count). The molecule has 3 aromatic rings. The number of nitrogens with zero attached hydrogens (tertiary/aromatic N) is 1. The van der Waals surface area contributed by atoms with Gasteiger partial charge in [-0.2, -0.15) is 0 Å². The van der Waals surface area contributed by atoms with E-state index in [0.29, 0.717) is 28.0 Å². The number of aromatic nitrogens is 1. The Morgan fingerprint density at radius 1 is 1.06 bits per heavy atom. The number of aryl methyl sites for hydroxylation is 2. The minimum atomic E-state index is -1.13.